The third-order valence-corrected chi connectivity index (χ3v) is 6.01. The maximum Gasteiger partial charge on any atom is 0.254 e. The number of nitrogens with zero attached hydrogens (tertiary/aromatic N) is 4. The van der Waals surface area contributed by atoms with Gasteiger partial charge in [0.15, 0.2) is 5.82 Å². The monoisotopic (exact) mass is 430 g/mol. The second kappa shape index (κ2) is 8.76. The van der Waals surface area contributed by atoms with Gasteiger partial charge in [0.05, 0.1) is 0 Å². The molecule has 0 atom stereocenters. The fraction of sp³-hybridized carbons (Fsp3) is 0.423. The number of aromatic nitrogens is 3. The molecule has 1 N–H and O–H groups in total. The number of rotatable bonds is 3. The van der Waals surface area contributed by atoms with Crippen LogP contribution >= 0.6 is 0 Å². The number of carbonyl (C=O) groups is 1. The van der Waals surface area contributed by atoms with Gasteiger partial charge in [0.25, 0.3) is 5.91 Å². The number of likely N-dealkylation sites (tertiary alicyclic amines) is 1. The minimum atomic E-state index is -0.121. The van der Waals surface area contributed by atoms with Crippen molar-refractivity contribution in [1.82, 2.24) is 19.7 Å². The van der Waals surface area contributed by atoms with E-state index in [1.54, 1.807) is 0 Å². The molecular weight excluding hydrogens is 400 g/mol. The third kappa shape index (κ3) is 4.39. The number of aliphatic hydroxyl groups excluding tert-OH is 1. The summed E-state index contributed by atoms with van der Waals surface area (Å²) < 4.78 is 1.87. The van der Waals surface area contributed by atoms with Crippen molar-refractivity contribution in [3.63, 3.8) is 0 Å². The van der Waals surface area contributed by atoms with Crippen LogP contribution < -0.4 is 0 Å². The standard InChI is InChI=1S/C26H30N4O2/c1-26(2,3)14-11-18-7-5-9-21-20(18)8-6-10-22(21)25(32)30-15-12-19(13-16-30)24-28-27-23(17-31)29(24)4/h5-10,19,31H,12-13,15-17H2,1-4H3. The molecule has 0 saturated carbocycles. The fourth-order valence-electron chi connectivity index (χ4n) is 4.24. The number of piperidine rings is 1. The van der Waals surface area contributed by atoms with Crippen LogP contribution in [0.4, 0.5) is 0 Å². The first-order chi connectivity index (χ1) is 15.3. The van der Waals surface area contributed by atoms with E-state index in [0.717, 1.165) is 40.6 Å². The van der Waals surface area contributed by atoms with E-state index in [1.165, 1.54) is 0 Å². The first-order valence-electron chi connectivity index (χ1n) is 11.1. The number of hydrogen-bond donors (Lipinski definition) is 1. The molecule has 6 nitrogen and oxygen atoms in total. The summed E-state index contributed by atoms with van der Waals surface area (Å²) in [5.74, 6) is 8.35. The molecule has 0 spiro atoms. The van der Waals surface area contributed by atoms with Gasteiger partial charge in [-0.1, -0.05) is 36.1 Å². The van der Waals surface area contributed by atoms with Crippen LogP contribution in [-0.2, 0) is 13.7 Å². The van der Waals surface area contributed by atoms with E-state index >= 15 is 0 Å². The smallest absolute Gasteiger partial charge is 0.254 e. The SMILES string of the molecule is Cn1c(CO)nnc1C1CCN(C(=O)c2cccc3c(C#CC(C)(C)C)cccc23)CC1. The average Bonchev–Trinajstić information content (AvgIpc) is 3.16. The number of hydrogen-bond acceptors (Lipinski definition) is 4. The van der Waals surface area contributed by atoms with Gasteiger partial charge in [-0.25, -0.2) is 0 Å². The zero-order chi connectivity index (χ0) is 22.9. The third-order valence-electron chi connectivity index (χ3n) is 6.01. The summed E-state index contributed by atoms with van der Waals surface area (Å²) in [7, 11) is 1.88. The molecule has 6 heteroatoms. The molecule has 2 heterocycles. The predicted molar refractivity (Wildman–Crippen MR) is 125 cm³/mol. The Hall–Kier alpha value is -3.17. The summed E-state index contributed by atoms with van der Waals surface area (Å²) in [6, 6.07) is 11.9. The summed E-state index contributed by atoms with van der Waals surface area (Å²) in [4.78, 5) is 15.4. The number of amides is 1. The highest BCUT2D eigenvalue weighted by Gasteiger charge is 2.28. The zero-order valence-corrected chi connectivity index (χ0v) is 19.2. The van der Waals surface area contributed by atoms with E-state index in [-0.39, 0.29) is 23.8 Å². The molecule has 166 valence electrons. The van der Waals surface area contributed by atoms with Crippen molar-refractivity contribution in [3.8, 4) is 11.8 Å². The van der Waals surface area contributed by atoms with E-state index in [2.05, 4.69) is 42.8 Å². The first kappa shape index (κ1) is 22.0. The molecule has 32 heavy (non-hydrogen) atoms. The van der Waals surface area contributed by atoms with Gasteiger partial charge in [0.2, 0.25) is 0 Å². The summed E-state index contributed by atoms with van der Waals surface area (Å²) in [5, 5.41) is 19.6. The van der Waals surface area contributed by atoms with Crippen molar-refractivity contribution >= 4 is 16.7 Å². The van der Waals surface area contributed by atoms with Crippen LogP contribution in [0.15, 0.2) is 36.4 Å². The summed E-state index contributed by atoms with van der Waals surface area (Å²) >= 11 is 0. The summed E-state index contributed by atoms with van der Waals surface area (Å²) in [6.07, 6.45) is 1.66. The van der Waals surface area contributed by atoms with Crippen LogP contribution in [0.25, 0.3) is 10.8 Å². The van der Waals surface area contributed by atoms with Crippen LogP contribution in [0.1, 0.15) is 67.1 Å². The first-order valence-corrected chi connectivity index (χ1v) is 11.1. The van der Waals surface area contributed by atoms with Gasteiger partial charge < -0.3 is 14.6 Å². The molecule has 3 aromatic rings. The van der Waals surface area contributed by atoms with Gasteiger partial charge in [-0.05, 0) is 56.5 Å². The molecule has 4 rings (SSSR count). The Labute approximate surface area is 189 Å². The molecule has 0 unspecified atom stereocenters. The van der Waals surface area contributed by atoms with Crippen molar-refractivity contribution in [2.45, 2.75) is 46.1 Å². The number of benzene rings is 2. The largest absolute Gasteiger partial charge is 0.388 e. The second-order valence-corrected chi connectivity index (χ2v) is 9.46. The molecule has 1 aliphatic rings. The van der Waals surface area contributed by atoms with Crippen LogP contribution in [0.5, 0.6) is 0 Å². The molecule has 1 aliphatic heterocycles. The minimum absolute atomic E-state index is 0.0593. The van der Waals surface area contributed by atoms with Gasteiger partial charge >= 0.3 is 0 Å². The quantitative estimate of drug-likeness (QED) is 0.640. The van der Waals surface area contributed by atoms with Crippen LogP contribution in [0.3, 0.4) is 0 Å². The van der Waals surface area contributed by atoms with Crippen molar-refractivity contribution in [2.24, 2.45) is 12.5 Å². The van der Waals surface area contributed by atoms with E-state index in [9.17, 15) is 9.90 Å². The lowest BCUT2D eigenvalue weighted by molar-refractivity contribution is 0.0712. The highest BCUT2D eigenvalue weighted by atomic mass is 16.3. The second-order valence-electron chi connectivity index (χ2n) is 9.46. The summed E-state index contributed by atoms with van der Waals surface area (Å²) in [5.41, 5.74) is 1.59. The predicted octanol–water partition coefficient (Wildman–Crippen LogP) is 3.88. The Bertz CT molecular complexity index is 1200. The van der Waals surface area contributed by atoms with Crippen molar-refractivity contribution in [3.05, 3.63) is 59.2 Å². The maximum atomic E-state index is 13.4. The van der Waals surface area contributed by atoms with Crippen LogP contribution in [0.2, 0.25) is 0 Å². The molecule has 2 aromatic carbocycles. The van der Waals surface area contributed by atoms with Crippen molar-refractivity contribution in [2.75, 3.05) is 13.1 Å². The molecule has 1 amide bonds. The van der Waals surface area contributed by atoms with Crippen molar-refractivity contribution < 1.29 is 9.90 Å². The lowest BCUT2D eigenvalue weighted by Crippen LogP contribution is -2.38. The lowest BCUT2D eigenvalue weighted by atomic mass is 9.94. The maximum absolute atomic E-state index is 13.4. The van der Waals surface area contributed by atoms with Gasteiger partial charge in [0.1, 0.15) is 12.4 Å². The Morgan fingerprint density at radius 1 is 1.09 bits per heavy atom. The molecule has 1 fully saturated rings. The Morgan fingerprint density at radius 3 is 2.44 bits per heavy atom. The molecule has 1 aromatic heterocycles. The van der Waals surface area contributed by atoms with E-state index in [4.69, 9.17) is 0 Å². The normalized spacial score (nSPS) is 15.0. The Morgan fingerprint density at radius 2 is 1.78 bits per heavy atom. The molecule has 1 saturated heterocycles. The number of fused-ring (bicyclic) bond motifs is 1. The van der Waals surface area contributed by atoms with Crippen LogP contribution in [0, 0.1) is 17.3 Å². The molecular formula is C26H30N4O2. The fourth-order valence-corrected chi connectivity index (χ4v) is 4.24. The van der Waals surface area contributed by atoms with Crippen molar-refractivity contribution in [1.29, 1.82) is 0 Å². The lowest BCUT2D eigenvalue weighted by Gasteiger charge is -2.32. The van der Waals surface area contributed by atoms with E-state index < -0.39 is 0 Å². The highest BCUT2D eigenvalue weighted by molar-refractivity contribution is 6.08. The molecule has 0 radical (unpaired) electrons. The molecule has 0 aliphatic carbocycles. The van der Waals surface area contributed by atoms with Gasteiger partial charge in [0, 0.05) is 42.6 Å². The number of aliphatic hydroxyl groups is 1. The average molecular weight is 431 g/mol. The minimum Gasteiger partial charge on any atom is -0.388 e. The number of carbonyl (C=O) groups excluding carboxylic acids is 1. The van der Waals surface area contributed by atoms with E-state index in [1.807, 2.05) is 52.9 Å². The van der Waals surface area contributed by atoms with Gasteiger partial charge in [-0.3, -0.25) is 4.79 Å². The highest BCUT2D eigenvalue weighted by Crippen LogP contribution is 2.29. The zero-order valence-electron chi connectivity index (χ0n) is 19.2. The Kier molecular flexibility index (Phi) is 6.03. The van der Waals surface area contributed by atoms with Gasteiger partial charge in [-0.15, -0.1) is 10.2 Å². The Balaban J connectivity index is 1.56. The summed E-state index contributed by atoms with van der Waals surface area (Å²) in [6.45, 7) is 7.50. The van der Waals surface area contributed by atoms with Crippen LogP contribution in [-0.4, -0.2) is 43.8 Å². The molecule has 0 bridgehead atoms. The van der Waals surface area contributed by atoms with E-state index in [0.29, 0.717) is 18.9 Å². The topological polar surface area (TPSA) is 71.2 Å². The van der Waals surface area contributed by atoms with Gasteiger partial charge in [-0.2, -0.15) is 0 Å².